The van der Waals surface area contributed by atoms with Crippen molar-refractivity contribution in [2.45, 2.75) is 23.4 Å². The Balaban J connectivity index is 1.75. The van der Waals surface area contributed by atoms with Gasteiger partial charge < -0.3 is 14.5 Å². The molecule has 0 saturated carbocycles. The first kappa shape index (κ1) is 21.9. The van der Waals surface area contributed by atoms with Gasteiger partial charge in [-0.3, -0.25) is 0 Å². The molecule has 0 unspecified atom stereocenters. The Labute approximate surface area is 191 Å². The van der Waals surface area contributed by atoms with E-state index in [1.165, 1.54) is 12.1 Å². The maximum atomic E-state index is 13.4. The second kappa shape index (κ2) is 9.46. The van der Waals surface area contributed by atoms with Gasteiger partial charge in [-0.25, -0.2) is 8.42 Å². The number of nitrogens with zero attached hydrogens (tertiary/aromatic N) is 1. The van der Waals surface area contributed by atoms with Gasteiger partial charge in [0, 0.05) is 6.54 Å². The number of hydrogen-bond acceptors (Lipinski definition) is 6. The molecule has 0 aliphatic carbocycles. The Morgan fingerprint density at radius 1 is 0.969 bits per heavy atom. The fraction of sp³-hybridized carbons (Fsp3) is 0.125. The molecule has 0 atom stereocenters. The van der Waals surface area contributed by atoms with E-state index in [0.717, 1.165) is 5.56 Å². The zero-order valence-electron chi connectivity index (χ0n) is 17.3. The van der Waals surface area contributed by atoms with E-state index >= 15 is 0 Å². The quantitative estimate of drug-likeness (QED) is 0.350. The number of aromatic nitrogens is 1. The van der Waals surface area contributed by atoms with Gasteiger partial charge in [-0.05, 0) is 48.9 Å². The van der Waals surface area contributed by atoms with Crippen LogP contribution in [-0.2, 0) is 16.4 Å². The van der Waals surface area contributed by atoms with E-state index in [0.29, 0.717) is 29.5 Å². The standard InChI is InChI=1S/C24H21ClN2O4S/c1-2-30-18-12-14-19(15-13-18)32(28,29)24-23(26-16-17-8-4-3-5-9-17)31-22(27-24)20-10-6-7-11-21(20)25/h3-15,26H,2,16H2,1H3. The molecule has 4 aromatic rings. The van der Waals surface area contributed by atoms with Crippen LogP contribution in [0.1, 0.15) is 12.5 Å². The normalized spacial score (nSPS) is 11.3. The van der Waals surface area contributed by atoms with Crippen LogP contribution in [0.15, 0.2) is 93.2 Å². The van der Waals surface area contributed by atoms with Crippen LogP contribution in [0.25, 0.3) is 11.5 Å². The molecule has 4 rings (SSSR count). The fourth-order valence-corrected chi connectivity index (χ4v) is 4.62. The molecule has 164 valence electrons. The van der Waals surface area contributed by atoms with Crippen molar-refractivity contribution < 1.29 is 17.6 Å². The first-order chi connectivity index (χ1) is 15.5. The van der Waals surface area contributed by atoms with E-state index in [-0.39, 0.29) is 21.7 Å². The minimum absolute atomic E-state index is 0.0534. The molecule has 1 heterocycles. The molecule has 0 spiro atoms. The minimum Gasteiger partial charge on any atom is -0.494 e. The minimum atomic E-state index is -3.97. The molecule has 0 fully saturated rings. The molecule has 1 N–H and O–H groups in total. The Bertz CT molecular complexity index is 1300. The first-order valence-corrected chi connectivity index (χ1v) is 11.9. The zero-order valence-corrected chi connectivity index (χ0v) is 18.9. The Hall–Kier alpha value is -3.29. The summed E-state index contributed by atoms with van der Waals surface area (Å²) < 4.78 is 38.1. The highest BCUT2D eigenvalue weighted by molar-refractivity contribution is 7.91. The SMILES string of the molecule is CCOc1ccc(S(=O)(=O)c2nc(-c3ccccc3Cl)oc2NCc2ccccc2)cc1. The average molecular weight is 469 g/mol. The fourth-order valence-electron chi connectivity index (χ4n) is 3.12. The zero-order chi connectivity index (χ0) is 22.6. The van der Waals surface area contributed by atoms with Crippen molar-refractivity contribution in [1.29, 1.82) is 0 Å². The van der Waals surface area contributed by atoms with Gasteiger partial charge in [0.05, 0.1) is 22.1 Å². The van der Waals surface area contributed by atoms with E-state index in [1.54, 1.807) is 36.4 Å². The van der Waals surface area contributed by atoms with Crippen molar-refractivity contribution in [2.75, 3.05) is 11.9 Å². The van der Waals surface area contributed by atoms with Gasteiger partial charge in [0.1, 0.15) is 5.75 Å². The van der Waals surface area contributed by atoms with Crippen molar-refractivity contribution in [3.05, 3.63) is 89.4 Å². The molecule has 0 radical (unpaired) electrons. The predicted octanol–water partition coefficient (Wildman–Crippen LogP) is 5.84. The van der Waals surface area contributed by atoms with Crippen LogP contribution in [0.5, 0.6) is 5.75 Å². The van der Waals surface area contributed by atoms with Crippen molar-refractivity contribution in [3.8, 4) is 17.2 Å². The van der Waals surface area contributed by atoms with Crippen LogP contribution in [0.2, 0.25) is 5.02 Å². The van der Waals surface area contributed by atoms with Gasteiger partial charge in [0.15, 0.2) is 0 Å². The van der Waals surface area contributed by atoms with Gasteiger partial charge >= 0.3 is 0 Å². The highest BCUT2D eigenvalue weighted by Crippen LogP contribution is 2.35. The number of anilines is 1. The molecule has 0 amide bonds. The molecule has 8 heteroatoms. The third-order valence-corrected chi connectivity index (χ3v) is 6.70. The summed E-state index contributed by atoms with van der Waals surface area (Å²) in [6.45, 7) is 2.72. The van der Waals surface area contributed by atoms with Gasteiger partial charge in [0.2, 0.25) is 26.6 Å². The van der Waals surface area contributed by atoms with E-state index in [4.69, 9.17) is 20.8 Å². The molecule has 0 saturated heterocycles. The predicted molar refractivity (Wildman–Crippen MR) is 124 cm³/mol. The summed E-state index contributed by atoms with van der Waals surface area (Å²) in [7, 11) is -3.97. The lowest BCUT2D eigenvalue weighted by atomic mass is 10.2. The van der Waals surface area contributed by atoms with Crippen molar-refractivity contribution in [2.24, 2.45) is 0 Å². The number of nitrogens with one attached hydrogen (secondary N) is 1. The molecule has 1 aromatic heterocycles. The summed E-state index contributed by atoms with van der Waals surface area (Å²) in [5.41, 5.74) is 1.47. The number of halogens is 1. The van der Waals surface area contributed by atoms with Gasteiger partial charge in [0.25, 0.3) is 0 Å². The van der Waals surface area contributed by atoms with Crippen LogP contribution < -0.4 is 10.1 Å². The Kier molecular flexibility index (Phi) is 6.48. The third-order valence-electron chi connectivity index (χ3n) is 4.70. The summed E-state index contributed by atoms with van der Waals surface area (Å²) in [4.78, 5) is 4.41. The molecular weight excluding hydrogens is 448 g/mol. The van der Waals surface area contributed by atoms with Gasteiger partial charge in [-0.1, -0.05) is 54.1 Å². The summed E-state index contributed by atoms with van der Waals surface area (Å²) in [6, 6.07) is 22.8. The number of hydrogen-bond donors (Lipinski definition) is 1. The molecule has 0 bridgehead atoms. The van der Waals surface area contributed by atoms with E-state index < -0.39 is 9.84 Å². The van der Waals surface area contributed by atoms with Crippen LogP contribution >= 0.6 is 11.6 Å². The van der Waals surface area contributed by atoms with Crippen LogP contribution in [0.3, 0.4) is 0 Å². The molecule has 6 nitrogen and oxygen atoms in total. The maximum absolute atomic E-state index is 13.4. The third kappa shape index (κ3) is 4.64. The Morgan fingerprint density at radius 3 is 2.34 bits per heavy atom. The van der Waals surface area contributed by atoms with Gasteiger partial charge in [-0.2, -0.15) is 4.98 Å². The molecular formula is C24H21ClN2O4S. The first-order valence-electron chi connectivity index (χ1n) is 10.0. The van der Waals surface area contributed by atoms with Crippen LogP contribution in [0, 0.1) is 0 Å². The second-order valence-corrected chi connectivity index (χ2v) is 9.15. The second-order valence-electron chi connectivity index (χ2n) is 6.88. The number of benzene rings is 3. The van der Waals surface area contributed by atoms with Crippen molar-refractivity contribution in [3.63, 3.8) is 0 Å². The highest BCUT2D eigenvalue weighted by Gasteiger charge is 2.29. The largest absolute Gasteiger partial charge is 0.494 e. The summed E-state index contributed by atoms with van der Waals surface area (Å²) in [6.07, 6.45) is 0. The number of ether oxygens (including phenoxy) is 1. The number of rotatable bonds is 8. The van der Waals surface area contributed by atoms with Crippen molar-refractivity contribution in [1.82, 2.24) is 4.98 Å². The van der Waals surface area contributed by atoms with Crippen molar-refractivity contribution >= 4 is 27.3 Å². The number of oxazole rings is 1. The topological polar surface area (TPSA) is 81.4 Å². The summed E-state index contributed by atoms with van der Waals surface area (Å²) >= 11 is 6.29. The van der Waals surface area contributed by atoms with E-state index in [1.807, 2.05) is 37.3 Å². The highest BCUT2D eigenvalue weighted by atomic mass is 35.5. The average Bonchev–Trinajstić information content (AvgIpc) is 3.24. The lowest BCUT2D eigenvalue weighted by Crippen LogP contribution is -2.07. The lowest BCUT2D eigenvalue weighted by Gasteiger charge is -2.07. The lowest BCUT2D eigenvalue weighted by molar-refractivity contribution is 0.340. The van der Waals surface area contributed by atoms with E-state index in [2.05, 4.69) is 10.3 Å². The van der Waals surface area contributed by atoms with Gasteiger partial charge in [-0.15, -0.1) is 0 Å². The maximum Gasteiger partial charge on any atom is 0.234 e. The Morgan fingerprint density at radius 2 is 1.66 bits per heavy atom. The smallest absolute Gasteiger partial charge is 0.234 e. The molecule has 0 aliphatic heterocycles. The summed E-state index contributed by atoms with van der Waals surface area (Å²) in [5, 5.41) is 3.28. The van der Waals surface area contributed by atoms with E-state index in [9.17, 15) is 8.42 Å². The monoisotopic (exact) mass is 468 g/mol. The van der Waals surface area contributed by atoms with Crippen LogP contribution in [-0.4, -0.2) is 20.0 Å². The van der Waals surface area contributed by atoms with Crippen LogP contribution in [0.4, 0.5) is 5.88 Å². The molecule has 3 aromatic carbocycles. The molecule has 0 aliphatic rings. The number of sulfone groups is 1. The molecule has 32 heavy (non-hydrogen) atoms. The summed E-state index contributed by atoms with van der Waals surface area (Å²) in [5.74, 6) is 0.763.